The summed E-state index contributed by atoms with van der Waals surface area (Å²) in [5.74, 6) is 2.13. The molecule has 118 valence electrons. The number of hydrogen-bond acceptors (Lipinski definition) is 6. The van der Waals surface area contributed by atoms with Crippen molar-refractivity contribution in [3.05, 3.63) is 30.1 Å². The Labute approximate surface area is 129 Å². The van der Waals surface area contributed by atoms with E-state index in [4.69, 9.17) is 18.7 Å². The zero-order valence-corrected chi connectivity index (χ0v) is 12.7. The van der Waals surface area contributed by atoms with Gasteiger partial charge in [0.15, 0.2) is 5.82 Å². The Kier molecular flexibility index (Phi) is 5.03. The quantitative estimate of drug-likeness (QED) is 0.733. The van der Waals surface area contributed by atoms with Crippen LogP contribution < -0.4 is 4.74 Å². The molecule has 22 heavy (non-hydrogen) atoms. The number of ether oxygens (including phenoxy) is 3. The van der Waals surface area contributed by atoms with Crippen LogP contribution in [0.4, 0.5) is 0 Å². The van der Waals surface area contributed by atoms with E-state index in [-0.39, 0.29) is 5.92 Å². The second-order valence-corrected chi connectivity index (χ2v) is 5.06. The second-order valence-electron chi connectivity index (χ2n) is 5.06. The van der Waals surface area contributed by atoms with Crippen molar-refractivity contribution in [2.24, 2.45) is 0 Å². The van der Waals surface area contributed by atoms with E-state index < -0.39 is 0 Å². The lowest BCUT2D eigenvalue weighted by molar-refractivity contribution is 0.110. The van der Waals surface area contributed by atoms with Gasteiger partial charge >= 0.3 is 0 Å². The van der Waals surface area contributed by atoms with Crippen molar-refractivity contribution in [3.8, 4) is 17.2 Å². The van der Waals surface area contributed by atoms with Gasteiger partial charge in [0, 0.05) is 19.1 Å². The number of aromatic nitrogens is 2. The van der Waals surface area contributed by atoms with Gasteiger partial charge in [0.25, 0.3) is 5.89 Å². The van der Waals surface area contributed by atoms with Crippen LogP contribution in [0.5, 0.6) is 5.75 Å². The Balaban J connectivity index is 1.73. The van der Waals surface area contributed by atoms with Crippen molar-refractivity contribution in [2.45, 2.75) is 19.3 Å². The maximum Gasteiger partial charge on any atom is 0.261 e. The highest BCUT2D eigenvalue weighted by atomic mass is 16.5. The Bertz CT molecular complexity index is 593. The Morgan fingerprint density at radius 1 is 1.27 bits per heavy atom. The molecule has 0 amide bonds. The minimum Gasteiger partial charge on any atom is -0.490 e. The number of benzene rings is 1. The molecule has 1 atom stereocenters. The average molecular weight is 304 g/mol. The fourth-order valence-corrected chi connectivity index (χ4v) is 2.37. The summed E-state index contributed by atoms with van der Waals surface area (Å²) in [7, 11) is 0. The van der Waals surface area contributed by atoms with Crippen LogP contribution in [0.25, 0.3) is 11.5 Å². The number of nitrogens with zero attached hydrogens (tertiary/aromatic N) is 2. The van der Waals surface area contributed by atoms with E-state index in [2.05, 4.69) is 10.1 Å². The molecule has 6 nitrogen and oxygen atoms in total. The molecule has 1 fully saturated rings. The van der Waals surface area contributed by atoms with Gasteiger partial charge in [0.1, 0.15) is 12.4 Å². The first kappa shape index (κ1) is 15.0. The first-order valence-corrected chi connectivity index (χ1v) is 7.59. The highest BCUT2D eigenvalue weighted by Crippen LogP contribution is 2.30. The number of para-hydroxylation sites is 1. The molecule has 1 aliphatic heterocycles. The topological polar surface area (TPSA) is 66.6 Å². The monoisotopic (exact) mass is 304 g/mol. The molecule has 1 aromatic heterocycles. The molecular formula is C16H20N2O4. The summed E-state index contributed by atoms with van der Waals surface area (Å²) in [4.78, 5) is 4.50. The van der Waals surface area contributed by atoms with Crippen LogP contribution in [-0.4, -0.2) is 43.2 Å². The third kappa shape index (κ3) is 3.45. The molecule has 0 spiro atoms. The SMILES string of the molecule is CCOCCOc1ccccc1-c1nc([C@H]2CCOC2)no1. The van der Waals surface area contributed by atoms with Gasteiger partial charge in [-0.3, -0.25) is 0 Å². The summed E-state index contributed by atoms with van der Waals surface area (Å²) in [5.41, 5.74) is 0.802. The molecule has 1 aromatic carbocycles. The minimum absolute atomic E-state index is 0.225. The van der Waals surface area contributed by atoms with Gasteiger partial charge < -0.3 is 18.7 Å². The Morgan fingerprint density at radius 3 is 3.00 bits per heavy atom. The van der Waals surface area contributed by atoms with Gasteiger partial charge in [-0.2, -0.15) is 4.98 Å². The van der Waals surface area contributed by atoms with E-state index in [9.17, 15) is 0 Å². The number of rotatable bonds is 7. The van der Waals surface area contributed by atoms with E-state index in [1.807, 2.05) is 31.2 Å². The molecule has 2 heterocycles. The predicted molar refractivity (Wildman–Crippen MR) is 79.9 cm³/mol. The van der Waals surface area contributed by atoms with Gasteiger partial charge in [-0.25, -0.2) is 0 Å². The summed E-state index contributed by atoms with van der Waals surface area (Å²) in [6.45, 7) is 5.10. The van der Waals surface area contributed by atoms with Gasteiger partial charge in [-0.1, -0.05) is 17.3 Å². The normalized spacial score (nSPS) is 17.8. The standard InChI is InChI=1S/C16H20N2O4/c1-2-19-9-10-21-14-6-4-3-5-13(14)16-17-15(18-22-16)12-7-8-20-11-12/h3-6,12H,2,7-11H2,1H3/t12-/m0/s1. The molecule has 1 aliphatic rings. The van der Waals surface area contributed by atoms with E-state index in [0.717, 1.165) is 24.3 Å². The predicted octanol–water partition coefficient (Wildman–Crippen LogP) is 2.66. The number of hydrogen-bond donors (Lipinski definition) is 0. The average Bonchev–Trinajstić information content (AvgIpc) is 3.22. The molecule has 0 saturated carbocycles. The van der Waals surface area contributed by atoms with Crippen molar-refractivity contribution >= 4 is 0 Å². The van der Waals surface area contributed by atoms with E-state index in [1.54, 1.807) is 0 Å². The maximum atomic E-state index is 5.75. The highest BCUT2D eigenvalue weighted by molar-refractivity contribution is 5.62. The highest BCUT2D eigenvalue weighted by Gasteiger charge is 2.24. The zero-order chi connectivity index (χ0) is 15.2. The van der Waals surface area contributed by atoms with E-state index in [0.29, 0.717) is 38.1 Å². The smallest absolute Gasteiger partial charge is 0.261 e. The molecule has 0 N–H and O–H groups in total. The van der Waals surface area contributed by atoms with E-state index in [1.165, 1.54) is 0 Å². The summed E-state index contributed by atoms with van der Waals surface area (Å²) >= 11 is 0. The van der Waals surface area contributed by atoms with Gasteiger partial charge in [-0.15, -0.1) is 0 Å². The third-order valence-corrected chi connectivity index (χ3v) is 3.54. The lowest BCUT2D eigenvalue weighted by atomic mass is 10.1. The molecular weight excluding hydrogens is 284 g/mol. The van der Waals surface area contributed by atoms with Crippen LogP contribution in [0.2, 0.25) is 0 Å². The first-order chi connectivity index (χ1) is 10.9. The van der Waals surface area contributed by atoms with E-state index >= 15 is 0 Å². The third-order valence-electron chi connectivity index (χ3n) is 3.54. The summed E-state index contributed by atoms with van der Waals surface area (Å²) < 4.78 is 21.8. The first-order valence-electron chi connectivity index (χ1n) is 7.59. The fraction of sp³-hybridized carbons (Fsp3) is 0.500. The molecule has 2 aromatic rings. The van der Waals surface area contributed by atoms with Gasteiger partial charge in [-0.05, 0) is 25.5 Å². The second kappa shape index (κ2) is 7.38. The lowest BCUT2D eigenvalue weighted by Crippen LogP contribution is -2.07. The molecule has 0 aliphatic carbocycles. The summed E-state index contributed by atoms with van der Waals surface area (Å²) in [6, 6.07) is 7.65. The molecule has 0 radical (unpaired) electrons. The van der Waals surface area contributed by atoms with Gasteiger partial charge in [0.2, 0.25) is 0 Å². The van der Waals surface area contributed by atoms with Crippen molar-refractivity contribution in [2.75, 3.05) is 33.0 Å². The molecule has 0 bridgehead atoms. The molecule has 3 rings (SSSR count). The Hall–Kier alpha value is -1.92. The summed E-state index contributed by atoms with van der Waals surface area (Å²) in [6.07, 6.45) is 0.936. The molecule has 6 heteroatoms. The Morgan fingerprint density at radius 2 is 2.18 bits per heavy atom. The fourth-order valence-electron chi connectivity index (χ4n) is 2.37. The van der Waals surface area contributed by atoms with Crippen LogP contribution in [0.1, 0.15) is 25.1 Å². The maximum absolute atomic E-state index is 5.75. The largest absolute Gasteiger partial charge is 0.490 e. The van der Waals surface area contributed by atoms with Crippen LogP contribution in [0.15, 0.2) is 28.8 Å². The van der Waals surface area contributed by atoms with Gasteiger partial charge in [0.05, 0.1) is 18.8 Å². The van der Waals surface area contributed by atoms with Crippen LogP contribution >= 0.6 is 0 Å². The summed E-state index contributed by atoms with van der Waals surface area (Å²) in [5, 5.41) is 4.08. The van der Waals surface area contributed by atoms with Crippen molar-refractivity contribution in [1.82, 2.24) is 10.1 Å². The zero-order valence-electron chi connectivity index (χ0n) is 12.7. The minimum atomic E-state index is 0.225. The van der Waals surface area contributed by atoms with Crippen molar-refractivity contribution < 1.29 is 18.7 Å². The van der Waals surface area contributed by atoms with Crippen LogP contribution in [-0.2, 0) is 9.47 Å². The lowest BCUT2D eigenvalue weighted by Gasteiger charge is -2.08. The van der Waals surface area contributed by atoms with Crippen molar-refractivity contribution in [3.63, 3.8) is 0 Å². The molecule has 1 saturated heterocycles. The van der Waals surface area contributed by atoms with Crippen molar-refractivity contribution in [1.29, 1.82) is 0 Å². The molecule has 0 unspecified atom stereocenters. The van der Waals surface area contributed by atoms with Crippen LogP contribution in [0, 0.1) is 0 Å². The van der Waals surface area contributed by atoms with Crippen LogP contribution in [0.3, 0.4) is 0 Å².